The summed E-state index contributed by atoms with van der Waals surface area (Å²) in [6.45, 7) is 19.2. The molecule has 4 N–H and O–H groups in total. The van der Waals surface area contributed by atoms with Gasteiger partial charge >= 0.3 is 28.4 Å². The van der Waals surface area contributed by atoms with E-state index in [4.69, 9.17) is 75.3 Å². The van der Waals surface area contributed by atoms with Crippen LogP contribution in [0.15, 0.2) is 88.3 Å². The van der Waals surface area contributed by atoms with E-state index in [-0.39, 0.29) is 157 Å². The quantitative estimate of drug-likeness (QED) is 0.00500. The molecule has 58 heteroatoms. The molecule has 41 nitrogen and oxygen atoms in total. The van der Waals surface area contributed by atoms with Gasteiger partial charge in [0.1, 0.15) is 42.2 Å². The Morgan fingerprint density at radius 1 is 0.452 bits per heavy atom. The van der Waals surface area contributed by atoms with Gasteiger partial charge < -0.3 is 11.1 Å². The monoisotopic (exact) mass is 2210 g/mol. The molecule has 9 rings (SSSR count). The van der Waals surface area contributed by atoms with Crippen LogP contribution in [-0.2, 0) is 71.8 Å². The van der Waals surface area contributed by atoms with E-state index in [2.05, 4.69) is 192 Å². The Morgan fingerprint density at radius 3 is 1.13 bits per heavy atom. The summed E-state index contributed by atoms with van der Waals surface area (Å²) in [7, 11) is -0.931. The van der Waals surface area contributed by atoms with Crippen molar-refractivity contribution in [3.8, 4) is 0 Å². The third-order valence-electron chi connectivity index (χ3n) is 11.2. The molecule has 126 heavy (non-hydrogen) atoms. The number of thioether (sulfide) groups is 1. The second kappa shape index (κ2) is 79.9. The fraction of sp³-hybridized carbons (Fsp3) is 0.574. The molecule has 0 fully saturated rings. The summed E-state index contributed by atoms with van der Waals surface area (Å²) in [5.41, 5.74) is 5.53. The summed E-state index contributed by atoms with van der Waals surface area (Å²) in [6.07, 6.45) is 22.9. The molecule has 0 atom stereocenters. The number of nitrogen functional groups attached to an aromatic ring is 1. The molecule has 0 amide bonds. The van der Waals surface area contributed by atoms with Crippen molar-refractivity contribution in [1.29, 1.82) is 0 Å². The van der Waals surface area contributed by atoms with Gasteiger partial charge in [-0.1, -0.05) is 202 Å². The van der Waals surface area contributed by atoms with E-state index in [1.54, 1.807) is 86.6 Å². The molecule has 9 aromatic heterocycles. The van der Waals surface area contributed by atoms with Gasteiger partial charge in [-0.3, -0.25) is 83.8 Å². The number of H-pyrrole nitrogens is 1. The van der Waals surface area contributed by atoms with Crippen LogP contribution in [0.3, 0.4) is 0 Å². The SMILES string of the molecule is C.C.C.C.C.C.C.CC(C)CS.CC(C)CS(=O)(=O)c1nn(C)cc1N.CC(C)CS(=O)(=O)c1nn(C)cc1Nc1nc(Cl)ncc1Cl.CC(C)CS(=O)(=O)c1nn(C)cc1[N+](=O)[O-].CC(C)CSc1nn(C)cc1[N+](=O)[O-].CI.CS.CS.CS.CS.CS.Clc1ncc(Cl)c(Cl)n1.Cn1cc([N+](=O)[O-])c(Cl)n1.Cn1cc([N+](=O)[O-])cn1.O=[N+]([O-])c1cn[nH]c1. The van der Waals surface area contributed by atoms with Gasteiger partial charge in [0, 0.05) is 60.4 Å². The van der Waals surface area contributed by atoms with Crippen molar-refractivity contribution in [2.45, 2.75) is 141 Å². The first-order chi connectivity index (χ1) is 55.3. The Balaban J connectivity index is -0.000000103. The lowest BCUT2D eigenvalue weighted by Gasteiger charge is -2.09. The lowest BCUT2D eigenvalue weighted by atomic mass is 10.3. The number of nitro groups is 5. The number of aromatic amines is 1. The van der Waals surface area contributed by atoms with Gasteiger partial charge in [0.2, 0.25) is 30.6 Å². The van der Waals surface area contributed by atoms with E-state index in [9.17, 15) is 75.8 Å². The molecule has 0 aliphatic rings. The topological polar surface area (TPSA) is 543 Å². The number of alkyl halides is 1. The van der Waals surface area contributed by atoms with Crippen molar-refractivity contribution in [3.63, 3.8) is 0 Å². The number of sulfone groups is 3. The number of nitrogens with two attached hydrogens (primary N) is 1. The highest BCUT2D eigenvalue weighted by Crippen LogP contribution is 2.31. The number of thiol groups is 6. The highest BCUT2D eigenvalue weighted by molar-refractivity contribution is 14.1. The largest absolute Gasteiger partial charge is 0.395 e. The second-order valence-electron chi connectivity index (χ2n) is 23.7. The maximum atomic E-state index is 12.4. The fourth-order valence-corrected chi connectivity index (χ4v) is 14.1. The van der Waals surface area contributed by atoms with Crippen LogP contribution in [0.25, 0.3) is 0 Å². The van der Waals surface area contributed by atoms with Gasteiger partial charge in [0.05, 0.1) is 76.9 Å². The van der Waals surface area contributed by atoms with Crippen LogP contribution in [0.5, 0.6) is 0 Å². The number of aromatic nitrogens is 18. The van der Waals surface area contributed by atoms with Crippen LogP contribution < -0.4 is 11.1 Å². The number of nitrogens with zero attached hydrogens (tertiary/aromatic N) is 22. The summed E-state index contributed by atoms with van der Waals surface area (Å²) in [5.74, 6) is 3.19. The predicted molar refractivity (Wildman–Crippen MR) is 549 cm³/mol. The van der Waals surface area contributed by atoms with Crippen molar-refractivity contribution in [2.24, 2.45) is 71.9 Å². The molecule has 0 spiro atoms. The first-order valence-electron chi connectivity index (χ1n) is 32.9. The highest BCUT2D eigenvalue weighted by atomic mass is 127. The summed E-state index contributed by atoms with van der Waals surface area (Å²) in [4.78, 5) is 65.2. The molecule has 0 aliphatic carbocycles. The van der Waals surface area contributed by atoms with Gasteiger partial charge in [-0.15, -0.1) is 0 Å². The average molecular weight is 2210 g/mol. The van der Waals surface area contributed by atoms with Crippen molar-refractivity contribution < 1.29 is 49.9 Å². The van der Waals surface area contributed by atoms with Gasteiger partial charge in [0.15, 0.2) is 40.7 Å². The van der Waals surface area contributed by atoms with Gasteiger partial charge in [-0.25, -0.2) is 40.2 Å². The fourth-order valence-electron chi connectivity index (χ4n) is 7.10. The number of halogens is 7. The molecule has 0 radical (unpaired) electrons. The first kappa shape index (κ1) is 148. The first-order valence-corrected chi connectivity index (χ1v) is 48.4. The van der Waals surface area contributed by atoms with Crippen molar-refractivity contribution >= 4 is 255 Å². The maximum Gasteiger partial charge on any atom is 0.325 e. The van der Waals surface area contributed by atoms with Crippen LogP contribution in [0.4, 0.5) is 45.6 Å². The maximum absolute atomic E-state index is 12.4. The second-order valence-corrected chi connectivity index (χ2v) is 33.1. The Hall–Kier alpha value is -6.00. The minimum absolute atomic E-state index is 0. The number of hydrogen-bond acceptors (Lipinski definition) is 36. The normalized spacial score (nSPS) is 9.56. The van der Waals surface area contributed by atoms with Gasteiger partial charge in [0.25, 0.3) is 5.03 Å². The zero-order valence-electron chi connectivity index (χ0n) is 68.7. The number of anilines is 3. The summed E-state index contributed by atoms with van der Waals surface area (Å²) in [6, 6.07) is 0. The minimum atomic E-state index is -3.69. The van der Waals surface area contributed by atoms with E-state index < -0.39 is 64.8 Å². The van der Waals surface area contributed by atoms with Gasteiger partial charge in [-0.2, -0.15) is 116 Å². The molecule has 0 aliphatic heterocycles. The molecule has 9 aromatic rings. The molecule has 0 saturated carbocycles. The zero-order valence-corrected chi connectivity index (χ0v) is 84.0. The number of rotatable bonds is 20. The third kappa shape index (κ3) is 63.1. The molecule has 0 unspecified atom stereocenters. The smallest absolute Gasteiger partial charge is 0.325 e. The average Bonchev–Trinajstić information content (AvgIpc) is 1.67. The predicted octanol–water partition coefficient (Wildman–Crippen LogP) is 19.8. The lowest BCUT2D eigenvalue weighted by molar-refractivity contribution is -0.388. The molecule has 0 aromatic carbocycles. The third-order valence-corrected chi connectivity index (χ3v) is 20.9. The molecule has 9 heterocycles. The highest BCUT2D eigenvalue weighted by Gasteiger charge is 2.31. The van der Waals surface area contributed by atoms with Crippen LogP contribution in [0, 0.1) is 80.2 Å². The van der Waals surface area contributed by atoms with Crippen molar-refractivity contribution in [1.82, 2.24) is 88.8 Å². The van der Waals surface area contributed by atoms with Gasteiger partial charge in [-0.05, 0) is 94.8 Å². The minimum Gasteiger partial charge on any atom is -0.395 e. The molecular formula is C68H130Cl6IN25O16S10. The van der Waals surface area contributed by atoms with E-state index in [0.29, 0.717) is 21.7 Å². The Labute approximate surface area is 824 Å². The van der Waals surface area contributed by atoms with Crippen LogP contribution in [0.1, 0.15) is 121 Å². The lowest BCUT2D eigenvalue weighted by Crippen LogP contribution is -2.14. The van der Waals surface area contributed by atoms with Crippen molar-refractivity contribution in [3.05, 3.63) is 150 Å². The standard InChI is InChI=1S/C12H15Cl2N5O2S.C8H13N3O4S.C8H13N3O2S.C8H15N3O2S.C4HCl3N2.C4H4ClN3O2.C4H5N3O2.C4H10S.C3H3N3O2.CH3I.5CH4S.7CH4/c1-7(2)6-22(20,21)11-9(5-19(3)18-11)16-10-8(13)4-15-12(14)17-10;1-6(2)5-16(14,15)8-7(11(12)13)4-10(3)9-8;1-6(2)5-14-8-7(11(12)13)4-10(3)9-8;1-6(2)5-14(12,13)8-7(9)4-11(3)10-8;5-2-1-8-4(7)9-3(2)6;1-7-2-3(8(9)10)4(5)6-7;1-6-3-4(2-5-6)7(8)9;1-4(2)3-5;7-6(8)3-1-4-5-2-3;6*1-2;;;;;;;/h4-5,7H,6H2,1-3H3,(H,15,16,17);4,6H,5H2,1-3H3;4,6H,5H2,1-3H3;4,6H,5,9H2,1-3H3;1H;2H,1H3;2-3H,1H3;4-5H,3H2,1-2H3;1-2H,(H,4,5);1H3;5*2H,1H3;7*1H4. The van der Waals surface area contributed by atoms with Crippen molar-refractivity contribution in [2.75, 3.05) is 76.0 Å². The molecular weight excluding hydrogens is 2080 g/mol. The summed E-state index contributed by atoms with van der Waals surface area (Å²) >= 11 is 58.6. The number of aryl methyl sites for hydroxylation is 6. The molecule has 0 bridgehead atoms. The zero-order chi connectivity index (χ0) is 94.3. The Kier molecular flexibility index (Phi) is 94.1. The molecule has 0 saturated heterocycles. The van der Waals surface area contributed by atoms with E-state index in [1.807, 2.05) is 32.6 Å². The van der Waals surface area contributed by atoms with E-state index in [0.717, 1.165) is 34.5 Å². The number of nitrogens with one attached hydrogen (secondary N) is 2. The Morgan fingerprint density at radius 2 is 0.817 bits per heavy atom. The molecule has 732 valence electrons. The van der Waals surface area contributed by atoms with Crippen LogP contribution >= 0.6 is 180 Å². The summed E-state index contributed by atoms with van der Waals surface area (Å²) in [5, 5.41) is 83.2. The van der Waals surface area contributed by atoms with Crippen LogP contribution in [-0.4, -0.2) is 204 Å². The number of hydrogen-bond donors (Lipinski definition) is 9. The Bertz CT molecular complexity index is 4760. The van der Waals surface area contributed by atoms with E-state index >= 15 is 0 Å². The van der Waals surface area contributed by atoms with Crippen LogP contribution in [0.2, 0.25) is 30.9 Å². The van der Waals surface area contributed by atoms with E-state index in [1.165, 1.54) is 91.8 Å². The summed E-state index contributed by atoms with van der Waals surface area (Å²) < 4.78 is 80.0.